The van der Waals surface area contributed by atoms with Gasteiger partial charge < -0.3 is 29.0 Å². The summed E-state index contributed by atoms with van der Waals surface area (Å²) in [7, 11) is 0. The van der Waals surface area contributed by atoms with Crippen LogP contribution in [0.4, 0.5) is 13.2 Å². The Labute approximate surface area is 168 Å². The number of esters is 4. The molecule has 0 aromatic rings. The van der Waals surface area contributed by atoms with Crippen LogP contribution in [0.25, 0.3) is 0 Å². The second kappa shape index (κ2) is 10.2. The van der Waals surface area contributed by atoms with E-state index in [-0.39, 0.29) is 0 Å². The molecule has 1 saturated heterocycles. The molecule has 0 bridgehead atoms. The van der Waals surface area contributed by atoms with Crippen molar-refractivity contribution in [1.82, 2.24) is 5.32 Å². The van der Waals surface area contributed by atoms with Gasteiger partial charge in [0, 0.05) is 27.7 Å². The zero-order valence-electron chi connectivity index (χ0n) is 16.3. The van der Waals surface area contributed by atoms with Gasteiger partial charge in [0.2, 0.25) is 6.29 Å². The molecule has 0 radical (unpaired) electrons. The second-order valence-corrected chi connectivity index (χ2v) is 6.10. The Morgan fingerprint density at radius 1 is 0.833 bits per heavy atom. The van der Waals surface area contributed by atoms with Crippen LogP contribution in [0.15, 0.2) is 0 Å². The maximum atomic E-state index is 12.8. The molecule has 14 heteroatoms. The first kappa shape index (κ1) is 25.1. The summed E-state index contributed by atoms with van der Waals surface area (Å²) in [5.41, 5.74) is 0. The molecule has 1 rings (SSSR count). The molecular formula is C16H20F3NO10. The highest BCUT2D eigenvalue weighted by Crippen LogP contribution is 2.29. The summed E-state index contributed by atoms with van der Waals surface area (Å²) in [4.78, 5) is 57.0. The third-order valence-corrected chi connectivity index (χ3v) is 3.54. The number of amides is 1. The lowest BCUT2D eigenvalue weighted by atomic mass is 9.96. The number of carbonyl (C=O) groups excluding carboxylic acids is 5. The van der Waals surface area contributed by atoms with E-state index in [4.69, 9.17) is 23.7 Å². The highest BCUT2D eigenvalue weighted by Gasteiger charge is 2.54. The van der Waals surface area contributed by atoms with E-state index in [0.717, 1.165) is 27.7 Å². The average molecular weight is 443 g/mol. The summed E-state index contributed by atoms with van der Waals surface area (Å²) in [5.74, 6) is -6.20. The molecule has 0 spiro atoms. The van der Waals surface area contributed by atoms with E-state index >= 15 is 0 Å². The van der Waals surface area contributed by atoms with Crippen LogP contribution in [0, 0.1) is 0 Å². The summed E-state index contributed by atoms with van der Waals surface area (Å²) in [6, 6.07) is -1.91. The first-order valence-corrected chi connectivity index (χ1v) is 8.40. The van der Waals surface area contributed by atoms with Crippen LogP contribution < -0.4 is 5.32 Å². The van der Waals surface area contributed by atoms with Gasteiger partial charge in [-0.05, 0) is 0 Å². The van der Waals surface area contributed by atoms with Crippen LogP contribution in [0.3, 0.4) is 0 Å². The lowest BCUT2D eigenvalue weighted by Gasteiger charge is -2.44. The molecule has 30 heavy (non-hydrogen) atoms. The standard InChI is InChI=1S/C16H20F3NO10/c1-6(21)26-5-10-12(27-7(2)22)13(28-8(3)23)11(14(30-10)29-9(4)24)20-15(25)16(17,18)19/h10-14H,5H2,1-4H3,(H,20,25)/t10-,11-,12-,13+,14+/m0/s1. The van der Waals surface area contributed by atoms with E-state index in [0.29, 0.717) is 0 Å². The van der Waals surface area contributed by atoms with Crippen LogP contribution in [-0.2, 0) is 47.7 Å². The van der Waals surface area contributed by atoms with Crippen molar-refractivity contribution < 1.29 is 60.8 Å². The highest BCUT2D eigenvalue weighted by molar-refractivity contribution is 5.82. The fourth-order valence-electron chi connectivity index (χ4n) is 2.55. The minimum atomic E-state index is -5.34. The monoisotopic (exact) mass is 443 g/mol. The van der Waals surface area contributed by atoms with Crippen molar-refractivity contribution in [3.63, 3.8) is 0 Å². The van der Waals surface area contributed by atoms with Gasteiger partial charge in [-0.1, -0.05) is 0 Å². The summed E-state index contributed by atoms with van der Waals surface area (Å²) in [6.45, 7) is 3.22. The van der Waals surface area contributed by atoms with Gasteiger partial charge in [0.05, 0.1) is 0 Å². The smallest absolute Gasteiger partial charge is 0.463 e. The first-order valence-electron chi connectivity index (χ1n) is 8.40. The molecule has 170 valence electrons. The molecule has 1 aliphatic rings. The van der Waals surface area contributed by atoms with E-state index in [2.05, 4.69) is 0 Å². The number of alkyl halides is 3. The van der Waals surface area contributed by atoms with Gasteiger partial charge in [0.25, 0.3) is 0 Å². The maximum Gasteiger partial charge on any atom is 0.471 e. The Kier molecular flexibility index (Phi) is 8.57. The Morgan fingerprint density at radius 2 is 1.33 bits per heavy atom. The SMILES string of the molecule is CC(=O)OC[C@@H]1O[C@@H](OC(C)=O)[C@@H](NC(=O)C(F)(F)F)[C@@H](OC(C)=O)[C@H]1OC(C)=O. The molecule has 1 N–H and O–H groups in total. The van der Waals surface area contributed by atoms with Crippen molar-refractivity contribution in [1.29, 1.82) is 0 Å². The van der Waals surface area contributed by atoms with Crippen LogP contribution in [0.2, 0.25) is 0 Å². The Balaban J connectivity index is 3.39. The number of rotatable bonds is 6. The van der Waals surface area contributed by atoms with Crippen molar-refractivity contribution in [2.75, 3.05) is 6.61 Å². The van der Waals surface area contributed by atoms with Gasteiger partial charge in [-0.25, -0.2) is 0 Å². The third-order valence-electron chi connectivity index (χ3n) is 3.54. The number of hydrogen-bond acceptors (Lipinski definition) is 10. The van der Waals surface area contributed by atoms with Gasteiger partial charge in [-0.2, -0.15) is 13.2 Å². The lowest BCUT2D eigenvalue weighted by molar-refractivity contribution is -0.272. The summed E-state index contributed by atoms with van der Waals surface area (Å²) < 4.78 is 63.2. The van der Waals surface area contributed by atoms with Crippen molar-refractivity contribution in [2.24, 2.45) is 0 Å². The van der Waals surface area contributed by atoms with Gasteiger partial charge >= 0.3 is 36.0 Å². The zero-order chi connectivity index (χ0) is 23.2. The molecule has 1 aliphatic heterocycles. The van der Waals surface area contributed by atoms with Crippen molar-refractivity contribution in [3.8, 4) is 0 Å². The highest BCUT2D eigenvalue weighted by atomic mass is 19.4. The zero-order valence-corrected chi connectivity index (χ0v) is 16.3. The topological polar surface area (TPSA) is 144 Å². The summed E-state index contributed by atoms with van der Waals surface area (Å²) >= 11 is 0. The first-order chi connectivity index (χ1) is 13.7. The number of nitrogens with one attached hydrogen (secondary N) is 1. The maximum absolute atomic E-state index is 12.8. The van der Waals surface area contributed by atoms with E-state index in [1.54, 1.807) is 0 Å². The molecule has 1 heterocycles. The minimum Gasteiger partial charge on any atom is -0.463 e. The molecule has 1 amide bonds. The Hall–Kier alpha value is -2.90. The van der Waals surface area contributed by atoms with E-state index < -0.39 is 73.2 Å². The number of carbonyl (C=O) groups is 5. The third kappa shape index (κ3) is 7.50. The lowest BCUT2D eigenvalue weighted by Crippen LogP contribution is -2.67. The molecule has 0 aliphatic carbocycles. The van der Waals surface area contributed by atoms with Crippen molar-refractivity contribution in [2.45, 2.75) is 64.5 Å². The molecule has 0 aromatic carbocycles. The van der Waals surface area contributed by atoms with E-state index in [9.17, 15) is 37.1 Å². The van der Waals surface area contributed by atoms with Crippen LogP contribution >= 0.6 is 0 Å². The number of ether oxygens (including phenoxy) is 5. The van der Waals surface area contributed by atoms with Crippen molar-refractivity contribution >= 4 is 29.8 Å². The van der Waals surface area contributed by atoms with Gasteiger partial charge in [-0.15, -0.1) is 0 Å². The second-order valence-electron chi connectivity index (χ2n) is 6.10. The predicted molar refractivity (Wildman–Crippen MR) is 86.2 cm³/mol. The van der Waals surface area contributed by atoms with E-state index in [1.165, 1.54) is 5.32 Å². The van der Waals surface area contributed by atoms with Gasteiger partial charge in [0.15, 0.2) is 12.2 Å². The predicted octanol–water partition coefficient (Wildman–Crippen LogP) is -0.252. The van der Waals surface area contributed by atoms with Gasteiger partial charge in [0.1, 0.15) is 18.8 Å². The van der Waals surface area contributed by atoms with Gasteiger partial charge in [-0.3, -0.25) is 24.0 Å². The number of hydrogen-bond donors (Lipinski definition) is 1. The molecule has 0 unspecified atom stereocenters. The number of halogens is 3. The normalized spacial score (nSPS) is 26.2. The van der Waals surface area contributed by atoms with E-state index in [1.807, 2.05) is 0 Å². The Morgan fingerprint density at radius 3 is 1.77 bits per heavy atom. The van der Waals surface area contributed by atoms with Crippen LogP contribution in [0.5, 0.6) is 0 Å². The molecule has 11 nitrogen and oxygen atoms in total. The largest absolute Gasteiger partial charge is 0.471 e. The molecule has 0 aromatic heterocycles. The molecule has 1 fully saturated rings. The molecular weight excluding hydrogens is 423 g/mol. The molecule has 5 atom stereocenters. The van der Waals surface area contributed by atoms with Crippen LogP contribution in [0.1, 0.15) is 27.7 Å². The Bertz CT molecular complexity index is 695. The summed E-state index contributed by atoms with van der Waals surface area (Å²) in [6.07, 6.45) is -12.0. The fraction of sp³-hybridized carbons (Fsp3) is 0.688. The average Bonchev–Trinajstić information content (AvgIpc) is 2.56. The quantitative estimate of drug-likeness (QED) is 0.431. The van der Waals surface area contributed by atoms with Crippen molar-refractivity contribution in [3.05, 3.63) is 0 Å². The fourth-order valence-corrected chi connectivity index (χ4v) is 2.55. The van der Waals surface area contributed by atoms with Crippen LogP contribution in [-0.4, -0.2) is 73.2 Å². The molecule has 0 saturated carbocycles. The minimum absolute atomic E-state index is 0.594. The summed E-state index contributed by atoms with van der Waals surface area (Å²) in [5, 5.41) is 1.52.